The highest BCUT2D eigenvalue weighted by Crippen LogP contribution is 2.32. The van der Waals surface area contributed by atoms with Crippen LogP contribution in [0.4, 0.5) is 0 Å². The van der Waals surface area contributed by atoms with Crippen LogP contribution in [0.3, 0.4) is 0 Å². The molecule has 0 bridgehead atoms. The first-order chi connectivity index (χ1) is 12.4. The molecule has 4 aromatic rings. The highest BCUT2D eigenvalue weighted by Gasteiger charge is 2.18. The van der Waals surface area contributed by atoms with Crippen molar-refractivity contribution in [2.45, 2.75) is 0 Å². The number of para-hydroxylation sites is 1. The van der Waals surface area contributed by atoms with Crippen molar-refractivity contribution >= 4 is 27.6 Å². The van der Waals surface area contributed by atoms with Crippen LogP contribution in [0.15, 0.2) is 71.7 Å². The molecule has 0 fully saturated rings. The van der Waals surface area contributed by atoms with Gasteiger partial charge >= 0.3 is 0 Å². The van der Waals surface area contributed by atoms with Gasteiger partial charge in [0.2, 0.25) is 5.82 Å². The Hall–Kier alpha value is -3.27. The van der Waals surface area contributed by atoms with E-state index in [1.165, 1.54) is 10.8 Å². The van der Waals surface area contributed by atoms with Crippen LogP contribution in [0, 0.1) is 0 Å². The van der Waals surface area contributed by atoms with Gasteiger partial charge in [-0.3, -0.25) is 0 Å². The summed E-state index contributed by atoms with van der Waals surface area (Å²) in [5.74, 6) is 1.09. The smallest absolute Gasteiger partial charge is 0.255 e. The minimum absolute atomic E-state index is 0.534. The number of rotatable bonds is 2. The Bertz CT molecular complexity index is 1130. The van der Waals surface area contributed by atoms with Crippen molar-refractivity contribution in [2.75, 3.05) is 13.2 Å². The summed E-state index contributed by atoms with van der Waals surface area (Å²) in [5.41, 5.74) is 2.90. The van der Waals surface area contributed by atoms with E-state index < -0.39 is 0 Å². The third-order valence-corrected chi connectivity index (χ3v) is 4.42. The van der Waals surface area contributed by atoms with Gasteiger partial charge < -0.3 is 4.74 Å². The Morgan fingerprint density at radius 2 is 1.56 bits per heavy atom. The summed E-state index contributed by atoms with van der Waals surface area (Å²) in [6, 6.07) is 22.7. The second-order valence-corrected chi connectivity index (χ2v) is 5.98. The van der Waals surface area contributed by atoms with E-state index in [9.17, 15) is 0 Å². The summed E-state index contributed by atoms with van der Waals surface area (Å²) in [4.78, 5) is 13.9. The summed E-state index contributed by atoms with van der Waals surface area (Å²) in [6.45, 7) is 1.25. The van der Waals surface area contributed by atoms with Gasteiger partial charge in [-0.05, 0) is 16.8 Å². The van der Waals surface area contributed by atoms with Crippen LogP contribution in [0.5, 0.6) is 0 Å². The Balaban J connectivity index is 1.85. The molecule has 0 amide bonds. The number of aromatic nitrogens is 2. The molecule has 2 heterocycles. The highest BCUT2D eigenvalue weighted by molar-refractivity contribution is 6.04. The van der Waals surface area contributed by atoms with E-state index in [2.05, 4.69) is 58.5 Å². The molecule has 0 unspecified atom stereocenters. The topological polar surface area (TPSA) is 47.4 Å². The Morgan fingerprint density at radius 3 is 2.44 bits per heavy atom. The molecule has 0 radical (unpaired) electrons. The van der Waals surface area contributed by atoms with Gasteiger partial charge in [0.15, 0.2) is 0 Å². The molecule has 0 saturated carbocycles. The number of hydrogen-bond acceptors (Lipinski definition) is 4. The van der Waals surface area contributed by atoms with Crippen molar-refractivity contribution in [3.8, 4) is 11.3 Å². The summed E-state index contributed by atoms with van der Waals surface area (Å²) in [6.07, 6.45) is 0. The van der Waals surface area contributed by atoms with Crippen LogP contribution in [0.1, 0.15) is 5.82 Å². The Morgan fingerprint density at radius 1 is 0.760 bits per heavy atom. The first-order valence-corrected chi connectivity index (χ1v) is 8.33. The summed E-state index contributed by atoms with van der Waals surface area (Å²) < 4.78 is 5.59. The highest BCUT2D eigenvalue weighted by atomic mass is 16.5. The van der Waals surface area contributed by atoms with Crippen molar-refractivity contribution in [3.05, 3.63) is 72.6 Å². The molecule has 0 saturated heterocycles. The fourth-order valence-electron chi connectivity index (χ4n) is 3.28. The van der Waals surface area contributed by atoms with Gasteiger partial charge in [-0.2, -0.15) is 0 Å². The lowest BCUT2D eigenvalue weighted by atomic mass is 9.99. The standard InChI is InChI=1S/C21H15N3O/c1-2-8-15-14(6-1)7-5-10-16(15)19-17-9-3-4-11-18(17)23-20(24-19)21-22-12-13-25-21/h1-11H,12-13H2. The second kappa shape index (κ2) is 5.67. The van der Waals surface area contributed by atoms with Crippen molar-refractivity contribution in [1.29, 1.82) is 0 Å². The van der Waals surface area contributed by atoms with Gasteiger partial charge in [0, 0.05) is 10.9 Å². The van der Waals surface area contributed by atoms with Gasteiger partial charge in [-0.15, -0.1) is 0 Å². The third-order valence-electron chi connectivity index (χ3n) is 4.42. The van der Waals surface area contributed by atoms with Gasteiger partial charge in [-0.25, -0.2) is 15.0 Å². The maximum Gasteiger partial charge on any atom is 0.255 e. The number of nitrogens with zero attached hydrogens (tertiary/aromatic N) is 3. The maximum absolute atomic E-state index is 5.59. The lowest BCUT2D eigenvalue weighted by Crippen LogP contribution is -2.08. The predicted molar refractivity (Wildman–Crippen MR) is 99.8 cm³/mol. The van der Waals surface area contributed by atoms with E-state index in [1.807, 2.05) is 18.2 Å². The van der Waals surface area contributed by atoms with Crippen molar-refractivity contribution < 1.29 is 4.74 Å². The van der Waals surface area contributed by atoms with Crippen LogP contribution >= 0.6 is 0 Å². The first kappa shape index (κ1) is 14.1. The molecular formula is C21H15N3O. The maximum atomic E-state index is 5.59. The van der Waals surface area contributed by atoms with Crippen LogP contribution in [-0.4, -0.2) is 29.0 Å². The lowest BCUT2D eigenvalue weighted by molar-refractivity contribution is 0.346. The molecule has 1 aromatic heterocycles. The molecule has 3 aromatic carbocycles. The number of hydrogen-bond donors (Lipinski definition) is 0. The van der Waals surface area contributed by atoms with E-state index in [0.29, 0.717) is 24.9 Å². The first-order valence-electron chi connectivity index (χ1n) is 8.33. The second-order valence-electron chi connectivity index (χ2n) is 5.98. The summed E-state index contributed by atoms with van der Waals surface area (Å²) >= 11 is 0. The van der Waals surface area contributed by atoms with E-state index in [-0.39, 0.29) is 0 Å². The normalized spacial score (nSPS) is 13.8. The van der Waals surface area contributed by atoms with E-state index in [4.69, 9.17) is 9.72 Å². The molecule has 4 heteroatoms. The molecule has 0 N–H and O–H groups in total. The van der Waals surface area contributed by atoms with Crippen LogP contribution < -0.4 is 0 Å². The van der Waals surface area contributed by atoms with Gasteiger partial charge in [0.05, 0.1) is 17.8 Å². The molecule has 1 aliphatic heterocycles. The average molecular weight is 325 g/mol. The fraction of sp³-hybridized carbons (Fsp3) is 0.0952. The number of fused-ring (bicyclic) bond motifs is 2. The van der Waals surface area contributed by atoms with Crippen molar-refractivity contribution in [3.63, 3.8) is 0 Å². The molecule has 4 nitrogen and oxygen atoms in total. The number of ether oxygens (including phenoxy) is 1. The minimum atomic E-state index is 0.534. The van der Waals surface area contributed by atoms with Gasteiger partial charge in [-0.1, -0.05) is 60.7 Å². The summed E-state index contributed by atoms with van der Waals surface area (Å²) in [7, 11) is 0. The zero-order valence-electron chi connectivity index (χ0n) is 13.5. The molecule has 25 heavy (non-hydrogen) atoms. The zero-order valence-corrected chi connectivity index (χ0v) is 13.5. The lowest BCUT2D eigenvalue weighted by Gasteiger charge is -2.11. The van der Waals surface area contributed by atoms with Gasteiger partial charge in [0.25, 0.3) is 5.90 Å². The summed E-state index contributed by atoms with van der Waals surface area (Å²) in [5, 5.41) is 3.40. The molecule has 5 rings (SSSR count). The van der Waals surface area contributed by atoms with Crippen molar-refractivity contribution in [2.24, 2.45) is 4.99 Å². The fourth-order valence-corrected chi connectivity index (χ4v) is 3.28. The molecular weight excluding hydrogens is 310 g/mol. The number of benzene rings is 3. The zero-order chi connectivity index (χ0) is 16.6. The Labute approximate surface area is 144 Å². The molecule has 0 spiro atoms. The third kappa shape index (κ3) is 2.34. The monoisotopic (exact) mass is 325 g/mol. The molecule has 0 aliphatic carbocycles. The number of aliphatic imine (C=N–C) groups is 1. The van der Waals surface area contributed by atoms with E-state index in [0.717, 1.165) is 22.2 Å². The van der Waals surface area contributed by atoms with Gasteiger partial charge in [0.1, 0.15) is 6.61 Å². The van der Waals surface area contributed by atoms with E-state index >= 15 is 0 Å². The predicted octanol–water partition coefficient (Wildman–Crippen LogP) is 4.23. The van der Waals surface area contributed by atoms with Crippen LogP contribution in [0.25, 0.3) is 32.9 Å². The average Bonchev–Trinajstić information content (AvgIpc) is 3.21. The van der Waals surface area contributed by atoms with Crippen molar-refractivity contribution in [1.82, 2.24) is 9.97 Å². The SMILES string of the molecule is c1ccc2c(-c3nc(C4=NCCO4)nc4ccccc34)cccc2c1. The van der Waals surface area contributed by atoms with E-state index in [1.54, 1.807) is 0 Å². The van der Waals surface area contributed by atoms with Crippen LogP contribution in [-0.2, 0) is 4.74 Å². The largest absolute Gasteiger partial charge is 0.473 e. The Kier molecular flexibility index (Phi) is 3.20. The molecule has 1 aliphatic rings. The quantitative estimate of drug-likeness (QED) is 0.554. The minimum Gasteiger partial charge on any atom is -0.473 e. The molecule has 0 atom stereocenters. The van der Waals surface area contributed by atoms with Crippen LogP contribution in [0.2, 0.25) is 0 Å². The molecule has 120 valence electrons.